The number of rotatable bonds is 9. The molecular formula is C13H24N4O3S. The molecule has 0 aliphatic carbocycles. The van der Waals surface area contributed by atoms with E-state index in [4.69, 9.17) is 4.74 Å². The molecule has 1 saturated heterocycles. The van der Waals surface area contributed by atoms with E-state index in [2.05, 4.69) is 22.1 Å². The molecule has 0 saturated carbocycles. The summed E-state index contributed by atoms with van der Waals surface area (Å²) in [6.07, 6.45) is 4.81. The number of hydrogen-bond acceptors (Lipinski definition) is 5. The first-order valence-electron chi connectivity index (χ1n) is 7.42. The first-order chi connectivity index (χ1) is 10.1. The molecule has 1 unspecified atom stereocenters. The van der Waals surface area contributed by atoms with Gasteiger partial charge >= 0.3 is 0 Å². The molecule has 1 atom stereocenters. The van der Waals surface area contributed by atoms with Crippen LogP contribution in [0, 0.1) is 5.92 Å². The van der Waals surface area contributed by atoms with Crippen molar-refractivity contribution in [2.24, 2.45) is 5.92 Å². The van der Waals surface area contributed by atoms with Gasteiger partial charge in [0.15, 0.2) is 0 Å². The first kappa shape index (κ1) is 16.4. The Bertz CT molecular complexity index is 523. The maximum atomic E-state index is 12.2. The van der Waals surface area contributed by atoms with Crippen LogP contribution >= 0.6 is 0 Å². The third-order valence-electron chi connectivity index (χ3n) is 3.50. The van der Waals surface area contributed by atoms with E-state index in [0.717, 1.165) is 32.5 Å². The largest absolute Gasteiger partial charge is 0.381 e. The van der Waals surface area contributed by atoms with Crippen molar-refractivity contribution in [3.05, 3.63) is 12.4 Å². The zero-order chi connectivity index (χ0) is 15.1. The summed E-state index contributed by atoms with van der Waals surface area (Å²) in [5.74, 6) is 0.273. The van der Waals surface area contributed by atoms with E-state index < -0.39 is 10.0 Å². The Kier molecular flexibility index (Phi) is 6.16. The Balaban J connectivity index is 1.83. The van der Waals surface area contributed by atoms with Crippen LogP contribution in [0.15, 0.2) is 17.3 Å². The maximum absolute atomic E-state index is 12.2. The summed E-state index contributed by atoms with van der Waals surface area (Å²) < 4.78 is 33.9. The summed E-state index contributed by atoms with van der Waals surface area (Å²) in [6, 6.07) is 0. The van der Waals surface area contributed by atoms with Gasteiger partial charge in [0.05, 0.1) is 12.8 Å². The molecule has 0 spiro atoms. The lowest BCUT2D eigenvalue weighted by molar-refractivity contribution is 0.186. The Morgan fingerprint density at radius 1 is 1.52 bits per heavy atom. The highest BCUT2D eigenvalue weighted by atomic mass is 32.2. The van der Waals surface area contributed by atoms with Gasteiger partial charge in [0, 0.05) is 25.9 Å². The molecule has 120 valence electrons. The Morgan fingerprint density at radius 2 is 2.38 bits per heavy atom. The summed E-state index contributed by atoms with van der Waals surface area (Å²) in [4.78, 5) is 0.227. The molecule has 1 fully saturated rings. The fourth-order valence-electron chi connectivity index (χ4n) is 2.20. The fourth-order valence-corrected chi connectivity index (χ4v) is 3.27. The summed E-state index contributed by atoms with van der Waals surface area (Å²) in [5.41, 5.74) is 0. The van der Waals surface area contributed by atoms with Gasteiger partial charge in [-0.05, 0) is 31.8 Å². The molecule has 2 N–H and O–H groups in total. The van der Waals surface area contributed by atoms with Crippen LogP contribution < -0.4 is 10.0 Å². The second kappa shape index (κ2) is 7.88. The highest BCUT2D eigenvalue weighted by molar-refractivity contribution is 7.89. The standard InChI is InChI=1S/C13H24N4O3S/c1-2-14-5-3-6-17-10-13(9-15-17)21(18,19)16-8-12-4-7-20-11-12/h9-10,12,14,16H,2-8,11H2,1H3. The average molecular weight is 316 g/mol. The van der Waals surface area contributed by atoms with Crippen molar-refractivity contribution >= 4 is 10.0 Å². The molecule has 2 rings (SSSR count). The van der Waals surface area contributed by atoms with Gasteiger partial charge in [0.25, 0.3) is 0 Å². The lowest BCUT2D eigenvalue weighted by Crippen LogP contribution is -2.29. The minimum absolute atomic E-state index is 0.227. The summed E-state index contributed by atoms with van der Waals surface area (Å²) in [5, 5.41) is 7.33. The Labute approximate surface area is 126 Å². The fraction of sp³-hybridized carbons (Fsp3) is 0.769. The van der Waals surface area contributed by atoms with Gasteiger partial charge in [-0.15, -0.1) is 0 Å². The van der Waals surface area contributed by atoms with E-state index >= 15 is 0 Å². The van der Waals surface area contributed by atoms with Crippen molar-refractivity contribution in [1.82, 2.24) is 19.8 Å². The van der Waals surface area contributed by atoms with E-state index in [-0.39, 0.29) is 10.8 Å². The molecule has 1 aliphatic rings. The summed E-state index contributed by atoms with van der Waals surface area (Å²) >= 11 is 0. The van der Waals surface area contributed by atoms with Crippen molar-refractivity contribution in [3.8, 4) is 0 Å². The van der Waals surface area contributed by atoms with Gasteiger partial charge in [-0.3, -0.25) is 4.68 Å². The second-order valence-electron chi connectivity index (χ2n) is 5.23. The van der Waals surface area contributed by atoms with E-state index in [0.29, 0.717) is 19.7 Å². The first-order valence-corrected chi connectivity index (χ1v) is 8.90. The van der Waals surface area contributed by atoms with E-state index in [1.807, 2.05) is 0 Å². The van der Waals surface area contributed by atoms with Crippen molar-refractivity contribution in [2.45, 2.75) is 31.2 Å². The van der Waals surface area contributed by atoms with Gasteiger partial charge < -0.3 is 10.1 Å². The van der Waals surface area contributed by atoms with Crippen LogP contribution in [0.3, 0.4) is 0 Å². The summed E-state index contributed by atoms with van der Waals surface area (Å²) in [7, 11) is -3.47. The zero-order valence-corrected chi connectivity index (χ0v) is 13.2. The minimum Gasteiger partial charge on any atom is -0.381 e. The average Bonchev–Trinajstić information content (AvgIpc) is 3.13. The SMILES string of the molecule is CCNCCCn1cc(S(=O)(=O)NCC2CCOC2)cn1. The Hall–Kier alpha value is -0.960. The van der Waals surface area contributed by atoms with Crippen LogP contribution in [-0.2, 0) is 21.3 Å². The molecule has 7 nitrogen and oxygen atoms in total. The van der Waals surface area contributed by atoms with Gasteiger partial charge in [-0.1, -0.05) is 6.92 Å². The predicted octanol–water partition coefficient (Wildman–Crippen LogP) is 0.198. The van der Waals surface area contributed by atoms with Crippen molar-refractivity contribution < 1.29 is 13.2 Å². The third kappa shape index (κ3) is 5.06. The maximum Gasteiger partial charge on any atom is 0.243 e. The number of aromatic nitrogens is 2. The molecule has 0 bridgehead atoms. The molecule has 21 heavy (non-hydrogen) atoms. The van der Waals surface area contributed by atoms with Gasteiger partial charge in [-0.25, -0.2) is 13.1 Å². The van der Waals surface area contributed by atoms with Gasteiger partial charge in [0.2, 0.25) is 10.0 Å². The normalized spacial score (nSPS) is 19.2. The second-order valence-corrected chi connectivity index (χ2v) is 6.99. The van der Waals surface area contributed by atoms with E-state index in [1.54, 1.807) is 10.9 Å². The molecule has 0 aromatic carbocycles. The molecule has 1 aromatic heterocycles. The number of aryl methyl sites for hydroxylation is 1. The minimum atomic E-state index is -3.47. The van der Waals surface area contributed by atoms with E-state index in [9.17, 15) is 8.42 Å². The quantitative estimate of drug-likeness (QED) is 0.636. The van der Waals surface area contributed by atoms with Crippen LogP contribution in [0.2, 0.25) is 0 Å². The van der Waals surface area contributed by atoms with Crippen LogP contribution in [0.1, 0.15) is 19.8 Å². The molecule has 2 heterocycles. The van der Waals surface area contributed by atoms with Crippen LogP contribution in [-0.4, -0.2) is 51.0 Å². The van der Waals surface area contributed by atoms with Crippen LogP contribution in [0.5, 0.6) is 0 Å². The van der Waals surface area contributed by atoms with Gasteiger partial charge in [0.1, 0.15) is 4.90 Å². The van der Waals surface area contributed by atoms with Crippen LogP contribution in [0.25, 0.3) is 0 Å². The third-order valence-corrected chi connectivity index (χ3v) is 4.87. The van der Waals surface area contributed by atoms with Crippen molar-refractivity contribution in [2.75, 3.05) is 32.8 Å². The molecule has 1 aromatic rings. The predicted molar refractivity (Wildman–Crippen MR) is 79.5 cm³/mol. The molecule has 0 radical (unpaired) electrons. The molecule has 1 aliphatic heterocycles. The molecule has 0 amide bonds. The molecular weight excluding hydrogens is 292 g/mol. The highest BCUT2D eigenvalue weighted by Gasteiger charge is 2.21. The van der Waals surface area contributed by atoms with Gasteiger partial charge in [-0.2, -0.15) is 5.10 Å². The highest BCUT2D eigenvalue weighted by Crippen LogP contribution is 2.13. The lowest BCUT2D eigenvalue weighted by atomic mass is 10.1. The zero-order valence-electron chi connectivity index (χ0n) is 12.4. The number of hydrogen-bond donors (Lipinski definition) is 2. The van der Waals surface area contributed by atoms with Crippen molar-refractivity contribution in [3.63, 3.8) is 0 Å². The smallest absolute Gasteiger partial charge is 0.243 e. The number of nitrogens with one attached hydrogen (secondary N) is 2. The number of nitrogens with zero attached hydrogens (tertiary/aromatic N) is 2. The Morgan fingerprint density at radius 3 is 3.10 bits per heavy atom. The topological polar surface area (TPSA) is 85.2 Å². The molecule has 8 heteroatoms. The van der Waals surface area contributed by atoms with Crippen LogP contribution in [0.4, 0.5) is 0 Å². The van der Waals surface area contributed by atoms with Crippen molar-refractivity contribution in [1.29, 1.82) is 0 Å². The number of ether oxygens (including phenoxy) is 1. The summed E-state index contributed by atoms with van der Waals surface area (Å²) in [6.45, 7) is 6.38. The number of sulfonamides is 1. The lowest BCUT2D eigenvalue weighted by Gasteiger charge is -2.08. The monoisotopic (exact) mass is 316 g/mol. The van der Waals surface area contributed by atoms with E-state index in [1.165, 1.54) is 6.20 Å².